The number of hydrogen-bond donors (Lipinski definition) is 0. The average Bonchev–Trinajstić information content (AvgIpc) is 3.06. The normalized spacial score (nSPS) is 35.3. The van der Waals surface area contributed by atoms with E-state index < -0.39 is 17.2 Å². The van der Waals surface area contributed by atoms with Crippen molar-refractivity contribution in [3.8, 4) is 5.75 Å². The van der Waals surface area contributed by atoms with Crippen LogP contribution in [0.2, 0.25) is 0 Å². The molecule has 0 N–H and O–H groups in total. The first kappa shape index (κ1) is 17.7. The van der Waals surface area contributed by atoms with Gasteiger partial charge < -0.3 is 0 Å². The van der Waals surface area contributed by atoms with Crippen LogP contribution in [0.25, 0.3) is 0 Å². The number of piperidine rings is 1. The van der Waals surface area contributed by atoms with Crippen LogP contribution in [0.15, 0.2) is 24.3 Å². The van der Waals surface area contributed by atoms with Crippen LogP contribution >= 0.6 is 0 Å². The Morgan fingerprint density at radius 3 is 2.58 bits per heavy atom. The fourth-order valence-corrected chi connectivity index (χ4v) is 11.3. The van der Waals surface area contributed by atoms with Gasteiger partial charge in [-0.25, -0.2) is 0 Å². The third-order valence-electron chi connectivity index (χ3n) is 7.49. The van der Waals surface area contributed by atoms with E-state index in [4.69, 9.17) is 7.06 Å². The van der Waals surface area contributed by atoms with Crippen LogP contribution in [0.1, 0.15) is 76.2 Å². The Balaban J connectivity index is 1.28. The molecule has 3 nitrogen and oxygen atoms in total. The van der Waals surface area contributed by atoms with Crippen molar-refractivity contribution in [1.82, 2.24) is 3.61 Å². The third-order valence-corrected chi connectivity index (χ3v) is 12.0. The van der Waals surface area contributed by atoms with Crippen LogP contribution in [-0.4, -0.2) is 39.5 Å². The van der Waals surface area contributed by atoms with Crippen LogP contribution in [0.4, 0.5) is 0 Å². The van der Waals surface area contributed by atoms with E-state index in [1.807, 2.05) is 0 Å². The monoisotopic (exact) mass is 411 g/mol. The zero-order valence-electron chi connectivity index (χ0n) is 16.1. The van der Waals surface area contributed by atoms with Crippen molar-refractivity contribution in [2.24, 2.45) is 11.8 Å². The zero-order chi connectivity index (χ0) is 17.5. The molecule has 0 amide bonds. The number of hydrogen-bond acceptors (Lipinski definition) is 3. The molecule has 2 aliphatic carbocycles. The Bertz CT molecular complexity index is 615. The van der Waals surface area contributed by atoms with E-state index in [0.717, 1.165) is 17.6 Å². The van der Waals surface area contributed by atoms with Gasteiger partial charge in [0.15, 0.2) is 0 Å². The second-order valence-electron chi connectivity index (χ2n) is 9.11. The molecule has 4 heteroatoms. The van der Waals surface area contributed by atoms with Crippen molar-refractivity contribution >= 4 is 17.2 Å². The molecule has 4 aliphatic rings. The quantitative estimate of drug-likeness (QED) is 0.652. The first-order valence-corrected chi connectivity index (χ1v) is 14.0. The van der Waals surface area contributed by atoms with Crippen molar-refractivity contribution in [1.29, 1.82) is 0 Å². The van der Waals surface area contributed by atoms with Gasteiger partial charge in [-0.3, -0.25) is 0 Å². The van der Waals surface area contributed by atoms with Crippen LogP contribution in [0, 0.1) is 11.8 Å². The van der Waals surface area contributed by atoms with Gasteiger partial charge in [-0.15, -0.1) is 0 Å². The van der Waals surface area contributed by atoms with Crippen molar-refractivity contribution in [3.05, 3.63) is 29.8 Å². The molecule has 26 heavy (non-hydrogen) atoms. The topological polar surface area (TPSA) is 21.7 Å². The maximum absolute atomic E-state index is 6.63. The van der Waals surface area contributed by atoms with Gasteiger partial charge in [-0.1, -0.05) is 0 Å². The molecule has 0 aromatic heterocycles. The molecule has 2 heterocycles. The van der Waals surface area contributed by atoms with Gasteiger partial charge >= 0.3 is 165 Å². The summed E-state index contributed by atoms with van der Waals surface area (Å²) in [5, 5.41) is 0. The average molecular weight is 412 g/mol. The molecule has 140 valence electrons. The molecule has 2 saturated heterocycles. The molecular formula is C22H32GaNO2. The molecule has 1 aromatic rings. The molecule has 0 spiro atoms. The predicted molar refractivity (Wildman–Crippen MR) is 105 cm³/mol. The van der Waals surface area contributed by atoms with E-state index in [1.165, 1.54) is 69.9 Å². The second-order valence-corrected chi connectivity index (χ2v) is 12.9. The summed E-state index contributed by atoms with van der Waals surface area (Å²) in [7, 11) is 0. The molecule has 4 unspecified atom stereocenters. The Morgan fingerprint density at radius 1 is 0.962 bits per heavy atom. The summed E-state index contributed by atoms with van der Waals surface area (Å²) in [6.45, 7) is 3.59. The molecule has 4 fully saturated rings. The Labute approximate surface area is 164 Å². The number of nitrogens with zero attached hydrogens (tertiary/aromatic N) is 1. The number of benzene rings is 1. The van der Waals surface area contributed by atoms with E-state index >= 15 is 0 Å². The summed E-state index contributed by atoms with van der Waals surface area (Å²) < 4.78 is 15.9. The predicted octanol–water partition coefficient (Wildman–Crippen LogP) is 5.01. The van der Waals surface area contributed by atoms with Gasteiger partial charge in [-0.05, 0) is 0 Å². The van der Waals surface area contributed by atoms with Gasteiger partial charge in [0.1, 0.15) is 0 Å². The second kappa shape index (κ2) is 7.54. The summed E-state index contributed by atoms with van der Waals surface area (Å²) in [4.78, 5) is 0. The van der Waals surface area contributed by atoms with E-state index in [2.05, 4.69) is 34.8 Å². The molecule has 4 atom stereocenters. The third kappa shape index (κ3) is 3.27. The first-order valence-electron chi connectivity index (χ1n) is 11.0. The fraction of sp³-hybridized carbons (Fsp3) is 0.727. The van der Waals surface area contributed by atoms with E-state index in [1.54, 1.807) is 0 Å². The molecule has 0 bridgehead atoms. The van der Waals surface area contributed by atoms with Crippen LogP contribution in [-0.2, 0) is 3.53 Å². The van der Waals surface area contributed by atoms with Crippen molar-refractivity contribution < 1.29 is 7.06 Å². The summed E-state index contributed by atoms with van der Waals surface area (Å²) in [6.07, 6.45) is 12.8. The standard InChI is InChI=1S/C12H16O.C10H17NO.Ga/c13-12-8-6-11(7-9-12)10-4-2-1-3-5-10;1-7-4-5-8-3-2-6-11-9(8)10(7)12;/h6-10,13H,1-5H2;7-10H,2-6H2,1H3;/q;-2;+3/p-1. The van der Waals surface area contributed by atoms with Crippen LogP contribution in [0.5, 0.6) is 5.75 Å². The molecule has 2 aliphatic heterocycles. The Hall–Kier alpha value is -0.424. The molecular weight excluding hydrogens is 380 g/mol. The van der Waals surface area contributed by atoms with Gasteiger partial charge in [-0.2, -0.15) is 0 Å². The van der Waals surface area contributed by atoms with Crippen LogP contribution in [0.3, 0.4) is 0 Å². The molecule has 1 aromatic carbocycles. The molecule has 2 saturated carbocycles. The van der Waals surface area contributed by atoms with E-state index in [9.17, 15) is 0 Å². The van der Waals surface area contributed by atoms with Crippen molar-refractivity contribution in [3.63, 3.8) is 0 Å². The van der Waals surface area contributed by atoms with Gasteiger partial charge in [0.2, 0.25) is 0 Å². The maximum atomic E-state index is 6.63. The fourth-order valence-electron chi connectivity index (χ4n) is 6.02. The van der Waals surface area contributed by atoms with E-state index in [-0.39, 0.29) is 0 Å². The van der Waals surface area contributed by atoms with E-state index in [0.29, 0.717) is 18.1 Å². The van der Waals surface area contributed by atoms with Crippen LogP contribution < -0.4 is 3.53 Å². The Kier molecular flexibility index (Phi) is 5.12. The van der Waals surface area contributed by atoms with Gasteiger partial charge in [0.25, 0.3) is 0 Å². The summed E-state index contributed by atoms with van der Waals surface area (Å²) in [5.41, 5.74) is 1.51. The minimum atomic E-state index is -2.33. The Morgan fingerprint density at radius 2 is 1.77 bits per heavy atom. The summed E-state index contributed by atoms with van der Waals surface area (Å²) in [6, 6.07) is 9.73. The SMILES string of the molecule is CC1CCC2CCC[N]3C2C1[O][Ga]3[O]c1ccc(C2CCCCC2)cc1. The van der Waals surface area contributed by atoms with Crippen molar-refractivity contribution in [2.75, 3.05) is 6.54 Å². The van der Waals surface area contributed by atoms with Crippen molar-refractivity contribution in [2.45, 2.75) is 82.8 Å². The minimum absolute atomic E-state index is 0.445. The number of rotatable bonds is 3. The van der Waals surface area contributed by atoms with Gasteiger partial charge in [0, 0.05) is 0 Å². The first-order chi connectivity index (χ1) is 12.8. The summed E-state index contributed by atoms with van der Waals surface area (Å²) >= 11 is -2.33. The summed E-state index contributed by atoms with van der Waals surface area (Å²) in [5.74, 6) is 3.37. The molecule has 5 rings (SSSR count). The van der Waals surface area contributed by atoms with Gasteiger partial charge in [0.05, 0.1) is 0 Å². The zero-order valence-corrected chi connectivity index (χ0v) is 18.5. The molecule has 0 radical (unpaired) electrons.